The van der Waals surface area contributed by atoms with E-state index in [9.17, 15) is 22.0 Å². The summed E-state index contributed by atoms with van der Waals surface area (Å²) in [4.78, 5) is 12.3. The zero-order valence-electron chi connectivity index (χ0n) is 16.6. The Morgan fingerprint density at radius 2 is 1.69 bits per heavy atom. The molecule has 0 aliphatic carbocycles. The first-order valence-electron chi connectivity index (χ1n) is 9.41. The number of amides is 1. The van der Waals surface area contributed by atoms with Gasteiger partial charge in [0.25, 0.3) is 0 Å². The molecule has 3 aromatic carbocycles. The van der Waals surface area contributed by atoms with Crippen LogP contribution in [0.15, 0.2) is 71.6 Å². The third kappa shape index (κ3) is 6.04. The fourth-order valence-electron chi connectivity index (χ4n) is 2.94. The number of hydrogen-bond acceptors (Lipinski definition) is 3. The van der Waals surface area contributed by atoms with Gasteiger partial charge in [-0.2, -0.15) is 4.31 Å². The fraction of sp³-hybridized carbons (Fsp3) is 0.136. The van der Waals surface area contributed by atoms with Crippen LogP contribution in [0.3, 0.4) is 0 Å². The molecular weight excluding hydrogens is 481 g/mol. The van der Waals surface area contributed by atoms with Crippen molar-refractivity contribution in [3.8, 4) is 0 Å². The van der Waals surface area contributed by atoms with E-state index in [1.165, 1.54) is 18.2 Å². The number of nitrogens with zero attached hydrogens (tertiary/aromatic N) is 1. The molecule has 1 amide bonds. The van der Waals surface area contributed by atoms with E-state index in [0.29, 0.717) is 6.42 Å². The minimum Gasteiger partial charge on any atom is -0.322 e. The van der Waals surface area contributed by atoms with E-state index in [2.05, 4.69) is 5.32 Å². The van der Waals surface area contributed by atoms with Crippen molar-refractivity contribution in [2.45, 2.75) is 11.3 Å². The average molecular weight is 499 g/mol. The largest absolute Gasteiger partial charge is 0.322 e. The van der Waals surface area contributed by atoms with Crippen LogP contribution >= 0.6 is 23.2 Å². The predicted molar refractivity (Wildman–Crippen MR) is 120 cm³/mol. The summed E-state index contributed by atoms with van der Waals surface area (Å²) in [5.74, 6) is -2.44. The molecule has 0 aliphatic rings. The molecule has 0 fully saturated rings. The molecule has 1 N–H and O–H groups in total. The lowest BCUT2D eigenvalue weighted by Crippen LogP contribution is -2.39. The van der Waals surface area contributed by atoms with E-state index in [-0.39, 0.29) is 21.5 Å². The van der Waals surface area contributed by atoms with Crippen molar-refractivity contribution >= 4 is 44.8 Å². The lowest BCUT2D eigenvalue weighted by molar-refractivity contribution is -0.116. The Balaban J connectivity index is 1.88. The number of sulfonamides is 1. The average Bonchev–Trinajstić information content (AvgIpc) is 2.76. The van der Waals surface area contributed by atoms with Crippen molar-refractivity contribution in [2.24, 2.45) is 0 Å². The molecule has 0 bridgehead atoms. The molecule has 0 spiro atoms. The monoisotopic (exact) mass is 498 g/mol. The molecule has 5 nitrogen and oxygen atoms in total. The van der Waals surface area contributed by atoms with Gasteiger partial charge in [0.05, 0.1) is 17.3 Å². The maximum atomic E-state index is 13.9. The molecule has 0 aromatic heterocycles. The summed E-state index contributed by atoms with van der Waals surface area (Å²) in [6.45, 7) is -0.706. The van der Waals surface area contributed by atoms with Crippen molar-refractivity contribution in [1.82, 2.24) is 4.31 Å². The summed E-state index contributed by atoms with van der Waals surface area (Å²) in [6, 6.07) is 15.6. The molecule has 3 aromatic rings. The van der Waals surface area contributed by atoms with E-state index in [4.69, 9.17) is 23.2 Å². The second-order valence-corrected chi connectivity index (χ2v) is 9.57. The summed E-state index contributed by atoms with van der Waals surface area (Å²) in [7, 11) is -4.24. The van der Waals surface area contributed by atoms with Crippen LogP contribution in [0.25, 0.3) is 0 Å². The first-order chi connectivity index (χ1) is 15.2. The zero-order chi connectivity index (χ0) is 23.3. The molecule has 10 heteroatoms. The van der Waals surface area contributed by atoms with Crippen molar-refractivity contribution in [3.63, 3.8) is 0 Å². The predicted octanol–water partition coefficient (Wildman–Crippen LogP) is 5.14. The Hall–Kier alpha value is -2.52. The highest BCUT2D eigenvalue weighted by molar-refractivity contribution is 7.89. The minimum absolute atomic E-state index is 0.0595. The number of carbonyl (C=O) groups is 1. The van der Waals surface area contributed by atoms with E-state index in [1.807, 2.05) is 18.2 Å². The highest BCUT2D eigenvalue weighted by Crippen LogP contribution is 2.28. The number of carbonyl (C=O) groups excluding carboxylic acids is 1. The van der Waals surface area contributed by atoms with Gasteiger partial charge in [-0.05, 0) is 42.3 Å². The normalized spacial score (nSPS) is 11.5. The Labute approximate surface area is 194 Å². The van der Waals surface area contributed by atoms with Crippen LogP contribution in [0.4, 0.5) is 14.5 Å². The molecule has 0 atom stereocenters. The van der Waals surface area contributed by atoms with Gasteiger partial charge in [0.1, 0.15) is 16.5 Å². The minimum atomic E-state index is -4.24. The maximum Gasteiger partial charge on any atom is 0.245 e. The molecule has 0 saturated heterocycles. The molecular formula is C22H18Cl2F2N2O3S. The molecule has 3 rings (SSSR count). The summed E-state index contributed by atoms with van der Waals surface area (Å²) >= 11 is 12.0. The molecule has 0 unspecified atom stereocenters. The van der Waals surface area contributed by atoms with E-state index < -0.39 is 39.8 Å². The third-order valence-electron chi connectivity index (χ3n) is 4.53. The highest BCUT2D eigenvalue weighted by atomic mass is 35.5. The van der Waals surface area contributed by atoms with Crippen LogP contribution in [0.5, 0.6) is 0 Å². The van der Waals surface area contributed by atoms with Gasteiger partial charge >= 0.3 is 0 Å². The van der Waals surface area contributed by atoms with Gasteiger partial charge in [-0.25, -0.2) is 17.2 Å². The topological polar surface area (TPSA) is 66.5 Å². The molecule has 168 valence electrons. The van der Waals surface area contributed by atoms with Crippen LogP contribution < -0.4 is 5.32 Å². The van der Waals surface area contributed by atoms with Gasteiger partial charge in [-0.1, -0.05) is 53.5 Å². The van der Waals surface area contributed by atoms with E-state index in [1.54, 1.807) is 12.1 Å². The third-order valence-corrected chi connectivity index (χ3v) is 7.09. The molecule has 0 heterocycles. The highest BCUT2D eigenvalue weighted by Gasteiger charge is 2.29. The standard InChI is InChI=1S/C22H18Cl2F2N2O3S/c23-16-6-8-18(24)21(12-16)32(30,31)28(11-10-15-4-2-1-3-5-15)14-22(29)27-20-13-17(25)7-9-19(20)26/h1-9,12-13H,10-11,14H2,(H,27,29). The van der Waals surface area contributed by atoms with Gasteiger partial charge < -0.3 is 5.32 Å². The number of benzene rings is 3. The van der Waals surface area contributed by atoms with Gasteiger partial charge in [0.15, 0.2) is 0 Å². The summed E-state index contributed by atoms with van der Waals surface area (Å²) < 4.78 is 54.8. The maximum absolute atomic E-state index is 13.9. The smallest absolute Gasteiger partial charge is 0.245 e. The first kappa shape index (κ1) is 24.1. The van der Waals surface area contributed by atoms with Crippen LogP contribution in [0.1, 0.15) is 5.56 Å². The Kier molecular flexibility index (Phi) is 7.84. The molecule has 0 saturated carbocycles. The van der Waals surface area contributed by atoms with Crippen LogP contribution in [0.2, 0.25) is 10.0 Å². The fourth-order valence-corrected chi connectivity index (χ4v) is 5.07. The second-order valence-electron chi connectivity index (χ2n) is 6.82. The summed E-state index contributed by atoms with van der Waals surface area (Å²) in [5.41, 5.74) is 0.456. The van der Waals surface area contributed by atoms with Gasteiger partial charge in [0, 0.05) is 17.6 Å². The lowest BCUT2D eigenvalue weighted by atomic mass is 10.1. The quantitative estimate of drug-likeness (QED) is 0.467. The Bertz CT molecular complexity index is 1230. The molecule has 32 heavy (non-hydrogen) atoms. The van der Waals surface area contributed by atoms with Crippen molar-refractivity contribution in [1.29, 1.82) is 0 Å². The number of anilines is 1. The Morgan fingerprint density at radius 3 is 2.41 bits per heavy atom. The van der Waals surface area contributed by atoms with Crippen molar-refractivity contribution in [3.05, 3.63) is 94.0 Å². The van der Waals surface area contributed by atoms with E-state index >= 15 is 0 Å². The SMILES string of the molecule is O=C(CN(CCc1ccccc1)S(=O)(=O)c1cc(Cl)ccc1Cl)Nc1cc(F)ccc1F. The summed E-state index contributed by atoms with van der Waals surface area (Å²) in [6.07, 6.45) is 0.305. The molecule has 0 radical (unpaired) electrons. The number of halogens is 4. The lowest BCUT2D eigenvalue weighted by Gasteiger charge is -2.22. The number of nitrogens with one attached hydrogen (secondary N) is 1. The van der Waals surface area contributed by atoms with Crippen molar-refractivity contribution < 1.29 is 22.0 Å². The number of rotatable bonds is 8. The van der Waals surface area contributed by atoms with Crippen LogP contribution in [-0.2, 0) is 21.2 Å². The van der Waals surface area contributed by atoms with Gasteiger partial charge in [-0.3, -0.25) is 4.79 Å². The van der Waals surface area contributed by atoms with E-state index in [0.717, 1.165) is 28.1 Å². The second kappa shape index (κ2) is 10.4. The van der Waals surface area contributed by atoms with Gasteiger partial charge in [-0.15, -0.1) is 0 Å². The van der Waals surface area contributed by atoms with Gasteiger partial charge in [0.2, 0.25) is 15.9 Å². The van der Waals surface area contributed by atoms with Crippen molar-refractivity contribution in [2.75, 3.05) is 18.4 Å². The molecule has 0 aliphatic heterocycles. The van der Waals surface area contributed by atoms with Crippen LogP contribution in [-0.4, -0.2) is 31.7 Å². The number of hydrogen-bond donors (Lipinski definition) is 1. The Morgan fingerprint density at radius 1 is 0.969 bits per heavy atom. The van der Waals surface area contributed by atoms with Crippen LogP contribution in [0, 0.1) is 11.6 Å². The summed E-state index contributed by atoms with van der Waals surface area (Å²) in [5, 5.41) is 2.31. The first-order valence-corrected chi connectivity index (χ1v) is 11.6. The zero-order valence-corrected chi connectivity index (χ0v) is 18.9.